The van der Waals surface area contributed by atoms with Gasteiger partial charge >= 0.3 is 0 Å². The van der Waals surface area contributed by atoms with Crippen molar-refractivity contribution in [2.75, 3.05) is 0 Å². The molecule has 1 aliphatic rings. The summed E-state index contributed by atoms with van der Waals surface area (Å²) in [6.45, 7) is 10.0. The van der Waals surface area contributed by atoms with Crippen molar-refractivity contribution in [3.05, 3.63) is 23.8 Å². The topological polar surface area (TPSA) is 17.1 Å². The molecule has 0 amide bonds. The first-order valence-electron chi connectivity index (χ1n) is 4.34. The number of carbonyl (C=O) groups is 1. The van der Waals surface area contributed by atoms with Gasteiger partial charge in [0.05, 0.1) is 0 Å². The Kier molecular flexibility index (Phi) is 2.22. The molecule has 1 aliphatic carbocycles. The van der Waals surface area contributed by atoms with Crippen LogP contribution < -0.4 is 0 Å². The number of allylic oxidation sites excluding steroid dienone is 3. The largest absolute Gasteiger partial charge is 0.295 e. The van der Waals surface area contributed by atoms with Gasteiger partial charge in [-0.3, -0.25) is 4.79 Å². The van der Waals surface area contributed by atoms with Crippen molar-refractivity contribution >= 4 is 5.78 Å². The van der Waals surface area contributed by atoms with E-state index in [0.717, 1.165) is 17.6 Å². The van der Waals surface area contributed by atoms with Crippen molar-refractivity contribution in [1.29, 1.82) is 0 Å². The van der Waals surface area contributed by atoms with Crippen LogP contribution in [0.15, 0.2) is 23.8 Å². The zero-order chi connectivity index (χ0) is 9.35. The van der Waals surface area contributed by atoms with Crippen molar-refractivity contribution in [1.82, 2.24) is 0 Å². The van der Waals surface area contributed by atoms with Crippen molar-refractivity contribution in [2.45, 2.75) is 33.6 Å². The predicted molar refractivity (Wildman–Crippen MR) is 50.9 cm³/mol. The average molecular weight is 164 g/mol. The highest BCUT2D eigenvalue weighted by Gasteiger charge is 2.28. The average Bonchev–Trinajstić information content (AvgIpc) is 1.97. The minimum absolute atomic E-state index is 0.0536. The second-order valence-corrected chi connectivity index (χ2v) is 3.95. The monoisotopic (exact) mass is 164 g/mol. The molecule has 1 rings (SSSR count). The lowest BCUT2D eigenvalue weighted by atomic mass is 9.73. The van der Waals surface area contributed by atoms with Gasteiger partial charge in [0, 0.05) is 11.8 Å². The van der Waals surface area contributed by atoms with Gasteiger partial charge in [-0.2, -0.15) is 0 Å². The van der Waals surface area contributed by atoms with E-state index in [1.807, 2.05) is 13.8 Å². The molecule has 0 aliphatic heterocycles. The summed E-state index contributed by atoms with van der Waals surface area (Å²) < 4.78 is 0. The highest BCUT2D eigenvalue weighted by atomic mass is 16.1. The Labute approximate surface area is 74.2 Å². The zero-order valence-electron chi connectivity index (χ0n) is 8.11. The van der Waals surface area contributed by atoms with Crippen LogP contribution in [0.4, 0.5) is 0 Å². The van der Waals surface area contributed by atoms with Crippen LogP contribution in [-0.4, -0.2) is 5.78 Å². The molecule has 1 heteroatoms. The van der Waals surface area contributed by atoms with E-state index in [1.54, 1.807) is 0 Å². The Bertz CT molecular complexity index is 260. The highest BCUT2D eigenvalue weighted by Crippen LogP contribution is 2.37. The second kappa shape index (κ2) is 2.89. The molecule has 12 heavy (non-hydrogen) atoms. The summed E-state index contributed by atoms with van der Waals surface area (Å²) in [5.74, 6) is 0.286. The molecule has 66 valence electrons. The Morgan fingerprint density at radius 2 is 2.25 bits per heavy atom. The summed E-state index contributed by atoms with van der Waals surface area (Å²) in [7, 11) is 0. The van der Waals surface area contributed by atoms with Gasteiger partial charge in [-0.1, -0.05) is 25.2 Å². The van der Waals surface area contributed by atoms with Crippen LogP contribution in [0, 0.1) is 5.41 Å². The number of ketones is 1. The van der Waals surface area contributed by atoms with Crippen molar-refractivity contribution in [3.63, 3.8) is 0 Å². The molecule has 0 heterocycles. The maximum absolute atomic E-state index is 11.2. The van der Waals surface area contributed by atoms with Crippen molar-refractivity contribution in [2.24, 2.45) is 5.41 Å². The van der Waals surface area contributed by atoms with Crippen LogP contribution in [0.3, 0.4) is 0 Å². The molecule has 0 aromatic rings. The normalized spacial score (nSPS) is 29.9. The van der Waals surface area contributed by atoms with Gasteiger partial charge in [0.1, 0.15) is 0 Å². The number of hydrogen-bond donors (Lipinski definition) is 0. The van der Waals surface area contributed by atoms with E-state index in [4.69, 9.17) is 0 Å². The lowest BCUT2D eigenvalue weighted by molar-refractivity contribution is -0.116. The Hall–Kier alpha value is -0.850. The number of rotatable bonds is 1. The first-order valence-corrected chi connectivity index (χ1v) is 4.34. The molecular weight excluding hydrogens is 148 g/mol. The Morgan fingerprint density at radius 1 is 1.67 bits per heavy atom. The van der Waals surface area contributed by atoms with E-state index < -0.39 is 0 Å². The summed E-state index contributed by atoms with van der Waals surface area (Å²) >= 11 is 0. The van der Waals surface area contributed by atoms with Crippen LogP contribution >= 0.6 is 0 Å². The molecule has 0 bridgehead atoms. The molecule has 0 radical (unpaired) electrons. The molecule has 1 atom stereocenters. The van der Waals surface area contributed by atoms with Crippen molar-refractivity contribution in [3.8, 4) is 0 Å². The predicted octanol–water partition coefficient (Wildman–Crippen LogP) is 2.88. The Balaban J connectivity index is 2.99. The van der Waals surface area contributed by atoms with Gasteiger partial charge in [-0.25, -0.2) is 0 Å². The molecule has 1 nitrogen and oxygen atoms in total. The Morgan fingerprint density at radius 3 is 2.67 bits per heavy atom. The summed E-state index contributed by atoms with van der Waals surface area (Å²) in [6, 6.07) is 0. The minimum Gasteiger partial charge on any atom is -0.295 e. The fourth-order valence-electron chi connectivity index (χ4n) is 1.54. The molecule has 0 aromatic carbocycles. The third-order valence-electron chi connectivity index (χ3n) is 2.82. The summed E-state index contributed by atoms with van der Waals surface area (Å²) in [5.41, 5.74) is 2.10. The smallest absolute Gasteiger partial charge is 0.158 e. The number of carbonyl (C=O) groups excluding carboxylic acids is 1. The van der Waals surface area contributed by atoms with E-state index in [2.05, 4.69) is 19.6 Å². The van der Waals surface area contributed by atoms with Crippen LogP contribution in [0.2, 0.25) is 0 Å². The number of hydrogen-bond acceptors (Lipinski definition) is 1. The van der Waals surface area contributed by atoms with Gasteiger partial charge in [-0.05, 0) is 25.8 Å². The summed E-state index contributed by atoms with van der Waals surface area (Å²) in [5, 5.41) is 0. The number of Topliss-reactive ketones (excluding diaryl/α,β-unsaturated/α-hetero) is 1. The van der Waals surface area contributed by atoms with Crippen LogP contribution in [0.1, 0.15) is 33.6 Å². The van der Waals surface area contributed by atoms with E-state index in [9.17, 15) is 4.79 Å². The highest BCUT2D eigenvalue weighted by molar-refractivity contribution is 5.95. The van der Waals surface area contributed by atoms with Gasteiger partial charge in [0.15, 0.2) is 5.78 Å². The molecule has 0 unspecified atom stereocenters. The van der Waals surface area contributed by atoms with E-state index >= 15 is 0 Å². The maximum atomic E-state index is 11.2. The molecule has 0 fully saturated rings. The first kappa shape index (κ1) is 9.24. The molecule has 0 aromatic heterocycles. The fraction of sp³-hybridized carbons (Fsp3) is 0.545. The SMILES string of the molecule is C=C(C)[C@]1(C)C=C(C)C(=O)CC1. The molecular formula is C11H16O. The molecule has 0 saturated carbocycles. The minimum atomic E-state index is 0.0536. The third-order valence-corrected chi connectivity index (χ3v) is 2.82. The molecule has 0 N–H and O–H groups in total. The summed E-state index contributed by atoms with van der Waals surface area (Å²) in [4.78, 5) is 11.2. The maximum Gasteiger partial charge on any atom is 0.158 e. The lowest BCUT2D eigenvalue weighted by Crippen LogP contribution is -2.22. The standard InChI is InChI=1S/C11H16O/c1-8(2)11(4)6-5-10(12)9(3)7-11/h7H,1,5-6H2,2-4H3/t11-/m0/s1. The van der Waals surface area contributed by atoms with Gasteiger partial charge in [0.2, 0.25) is 0 Å². The second-order valence-electron chi connectivity index (χ2n) is 3.95. The van der Waals surface area contributed by atoms with E-state index in [1.165, 1.54) is 0 Å². The van der Waals surface area contributed by atoms with Gasteiger partial charge in [-0.15, -0.1) is 0 Å². The van der Waals surface area contributed by atoms with E-state index in [-0.39, 0.29) is 11.2 Å². The molecule has 0 spiro atoms. The third kappa shape index (κ3) is 1.50. The quantitative estimate of drug-likeness (QED) is 0.545. The first-order chi connectivity index (χ1) is 5.46. The van der Waals surface area contributed by atoms with Crippen molar-refractivity contribution < 1.29 is 4.79 Å². The van der Waals surface area contributed by atoms with Crippen LogP contribution in [-0.2, 0) is 4.79 Å². The van der Waals surface area contributed by atoms with Gasteiger partial charge < -0.3 is 0 Å². The van der Waals surface area contributed by atoms with Crippen LogP contribution in [0.5, 0.6) is 0 Å². The van der Waals surface area contributed by atoms with Gasteiger partial charge in [0.25, 0.3) is 0 Å². The van der Waals surface area contributed by atoms with E-state index in [0.29, 0.717) is 6.42 Å². The summed E-state index contributed by atoms with van der Waals surface area (Å²) in [6.07, 6.45) is 3.64. The lowest BCUT2D eigenvalue weighted by Gasteiger charge is -2.30. The molecule has 0 saturated heterocycles. The van der Waals surface area contributed by atoms with Crippen LogP contribution in [0.25, 0.3) is 0 Å². The zero-order valence-corrected chi connectivity index (χ0v) is 8.11. The fourth-order valence-corrected chi connectivity index (χ4v) is 1.54.